The lowest BCUT2D eigenvalue weighted by Gasteiger charge is -2.07. The number of para-hydroxylation sites is 1. The van der Waals surface area contributed by atoms with E-state index in [1.807, 2.05) is 48.9 Å². The molecule has 1 aliphatic heterocycles. The fourth-order valence-electron chi connectivity index (χ4n) is 3.71. The Kier molecular flexibility index (Phi) is 5.48. The van der Waals surface area contributed by atoms with Crippen molar-refractivity contribution in [1.82, 2.24) is 15.1 Å². The van der Waals surface area contributed by atoms with Crippen LogP contribution in [0.5, 0.6) is 17.2 Å². The van der Waals surface area contributed by atoms with Gasteiger partial charge in [-0.2, -0.15) is 5.10 Å². The van der Waals surface area contributed by atoms with E-state index in [4.69, 9.17) is 18.6 Å². The summed E-state index contributed by atoms with van der Waals surface area (Å²) in [6.45, 7) is 4.68. The SMILES string of the molecule is Cc1nn(-c2ccccc2)c(C)c1CNC(=O)c1ccc(COc2ccc3c(c2)OCO3)o1. The molecule has 0 saturated heterocycles. The number of hydrogen-bond donors (Lipinski definition) is 1. The molecule has 4 aromatic rings. The summed E-state index contributed by atoms with van der Waals surface area (Å²) in [4.78, 5) is 12.6. The van der Waals surface area contributed by atoms with E-state index in [0.29, 0.717) is 29.6 Å². The number of rotatable bonds is 7. The van der Waals surface area contributed by atoms with Gasteiger partial charge in [0.25, 0.3) is 5.91 Å². The van der Waals surface area contributed by atoms with Crippen molar-refractivity contribution >= 4 is 5.91 Å². The van der Waals surface area contributed by atoms with E-state index >= 15 is 0 Å². The van der Waals surface area contributed by atoms with E-state index in [0.717, 1.165) is 22.6 Å². The van der Waals surface area contributed by atoms with Crippen molar-refractivity contribution in [3.63, 3.8) is 0 Å². The maximum Gasteiger partial charge on any atom is 0.287 e. The van der Waals surface area contributed by atoms with Gasteiger partial charge in [0, 0.05) is 23.9 Å². The van der Waals surface area contributed by atoms with Crippen molar-refractivity contribution in [2.45, 2.75) is 27.0 Å². The van der Waals surface area contributed by atoms with E-state index in [9.17, 15) is 4.79 Å². The average molecular weight is 445 g/mol. The third kappa shape index (κ3) is 4.27. The topological polar surface area (TPSA) is 87.8 Å². The number of nitrogens with one attached hydrogen (secondary N) is 1. The van der Waals surface area contributed by atoms with Gasteiger partial charge in [-0.1, -0.05) is 18.2 Å². The summed E-state index contributed by atoms with van der Waals surface area (Å²) >= 11 is 0. The smallest absolute Gasteiger partial charge is 0.287 e. The number of carbonyl (C=O) groups excluding carboxylic acids is 1. The van der Waals surface area contributed by atoms with E-state index in [2.05, 4.69) is 10.4 Å². The predicted molar refractivity (Wildman–Crippen MR) is 120 cm³/mol. The van der Waals surface area contributed by atoms with Crippen molar-refractivity contribution in [3.8, 4) is 22.9 Å². The lowest BCUT2D eigenvalue weighted by atomic mass is 10.2. The minimum Gasteiger partial charge on any atom is -0.486 e. The summed E-state index contributed by atoms with van der Waals surface area (Å²) in [5, 5.41) is 7.54. The van der Waals surface area contributed by atoms with Gasteiger partial charge < -0.3 is 23.9 Å². The van der Waals surface area contributed by atoms with Crippen molar-refractivity contribution in [3.05, 3.63) is 89.1 Å². The second kappa shape index (κ2) is 8.74. The molecule has 0 fully saturated rings. The van der Waals surface area contributed by atoms with E-state index < -0.39 is 0 Å². The van der Waals surface area contributed by atoms with Crippen LogP contribution < -0.4 is 19.5 Å². The molecule has 0 saturated carbocycles. The molecule has 3 heterocycles. The molecule has 1 aliphatic rings. The molecule has 168 valence electrons. The summed E-state index contributed by atoms with van der Waals surface area (Å²) in [6, 6.07) is 18.6. The minimum absolute atomic E-state index is 0.189. The number of amides is 1. The second-order valence-corrected chi connectivity index (χ2v) is 7.65. The molecule has 0 bridgehead atoms. The Morgan fingerprint density at radius 2 is 1.88 bits per heavy atom. The summed E-state index contributed by atoms with van der Waals surface area (Å²) in [7, 11) is 0. The van der Waals surface area contributed by atoms with Crippen LogP contribution >= 0.6 is 0 Å². The Labute approximate surface area is 190 Å². The quantitative estimate of drug-likeness (QED) is 0.456. The highest BCUT2D eigenvalue weighted by Crippen LogP contribution is 2.35. The third-order valence-corrected chi connectivity index (χ3v) is 5.48. The maximum atomic E-state index is 12.6. The number of benzene rings is 2. The lowest BCUT2D eigenvalue weighted by Crippen LogP contribution is -2.23. The Morgan fingerprint density at radius 1 is 1.06 bits per heavy atom. The predicted octanol–water partition coefficient (Wildman–Crippen LogP) is 4.32. The normalized spacial score (nSPS) is 12.1. The molecule has 2 aromatic carbocycles. The molecule has 33 heavy (non-hydrogen) atoms. The molecule has 0 atom stereocenters. The zero-order valence-electron chi connectivity index (χ0n) is 18.3. The summed E-state index contributed by atoms with van der Waals surface area (Å²) in [5.41, 5.74) is 3.81. The van der Waals surface area contributed by atoms with E-state index in [1.165, 1.54) is 0 Å². The van der Waals surface area contributed by atoms with Crippen LogP contribution in [0.3, 0.4) is 0 Å². The van der Waals surface area contributed by atoms with Crippen molar-refractivity contribution in [1.29, 1.82) is 0 Å². The van der Waals surface area contributed by atoms with Crippen molar-refractivity contribution in [2.24, 2.45) is 0 Å². The Morgan fingerprint density at radius 3 is 2.73 bits per heavy atom. The molecule has 0 aliphatic carbocycles. The Hall–Kier alpha value is -4.20. The number of fused-ring (bicyclic) bond motifs is 1. The number of furan rings is 1. The first-order valence-corrected chi connectivity index (χ1v) is 10.6. The lowest BCUT2D eigenvalue weighted by molar-refractivity contribution is 0.0919. The minimum atomic E-state index is -0.296. The molecular weight excluding hydrogens is 422 g/mol. The van der Waals surface area contributed by atoms with Gasteiger partial charge in [-0.3, -0.25) is 4.79 Å². The highest BCUT2D eigenvalue weighted by atomic mass is 16.7. The van der Waals surface area contributed by atoms with Crippen LogP contribution in [0.4, 0.5) is 0 Å². The van der Waals surface area contributed by atoms with Gasteiger partial charge in [-0.05, 0) is 50.2 Å². The molecular formula is C25H23N3O5. The van der Waals surface area contributed by atoms with Gasteiger partial charge in [0.15, 0.2) is 17.3 Å². The average Bonchev–Trinajstić information content (AvgIpc) is 3.56. The zero-order valence-corrected chi connectivity index (χ0v) is 18.3. The summed E-state index contributed by atoms with van der Waals surface area (Å²) in [5.74, 6) is 2.44. The van der Waals surface area contributed by atoms with E-state index in [-0.39, 0.29) is 25.1 Å². The molecule has 8 nitrogen and oxygen atoms in total. The Balaban J connectivity index is 1.20. The first-order valence-electron chi connectivity index (χ1n) is 10.6. The second-order valence-electron chi connectivity index (χ2n) is 7.65. The van der Waals surface area contributed by atoms with Crippen LogP contribution in [0, 0.1) is 13.8 Å². The fraction of sp³-hybridized carbons (Fsp3) is 0.200. The maximum absolute atomic E-state index is 12.6. The standard InChI is InChI=1S/C25H23N3O5/c1-16-21(17(2)28(27-16)18-6-4-3-5-7-18)13-26-25(29)23-11-9-20(33-23)14-30-19-8-10-22-24(12-19)32-15-31-22/h3-12H,13-15H2,1-2H3,(H,26,29). The number of ether oxygens (including phenoxy) is 3. The molecule has 0 unspecified atom stereocenters. The molecule has 2 aromatic heterocycles. The fourth-order valence-corrected chi connectivity index (χ4v) is 3.71. The molecule has 1 N–H and O–H groups in total. The van der Waals surface area contributed by atoms with Crippen LogP contribution in [0.15, 0.2) is 65.1 Å². The van der Waals surface area contributed by atoms with Crippen LogP contribution in [0.25, 0.3) is 5.69 Å². The first kappa shape index (κ1) is 20.7. The van der Waals surface area contributed by atoms with Crippen molar-refractivity contribution in [2.75, 3.05) is 6.79 Å². The van der Waals surface area contributed by atoms with Crippen LogP contribution in [-0.4, -0.2) is 22.5 Å². The number of nitrogens with zero attached hydrogens (tertiary/aromatic N) is 2. The van der Waals surface area contributed by atoms with Gasteiger partial charge in [0.05, 0.1) is 11.4 Å². The van der Waals surface area contributed by atoms with Gasteiger partial charge in [0.2, 0.25) is 6.79 Å². The van der Waals surface area contributed by atoms with Gasteiger partial charge >= 0.3 is 0 Å². The molecule has 0 radical (unpaired) electrons. The highest BCUT2D eigenvalue weighted by molar-refractivity contribution is 5.91. The van der Waals surface area contributed by atoms with Crippen LogP contribution in [0.1, 0.15) is 33.3 Å². The van der Waals surface area contributed by atoms with E-state index in [1.54, 1.807) is 30.3 Å². The monoisotopic (exact) mass is 445 g/mol. The largest absolute Gasteiger partial charge is 0.486 e. The van der Waals surface area contributed by atoms with Gasteiger partial charge in [-0.25, -0.2) is 4.68 Å². The molecule has 1 amide bonds. The number of hydrogen-bond acceptors (Lipinski definition) is 6. The first-order chi connectivity index (χ1) is 16.1. The van der Waals surface area contributed by atoms with Crippen LogP contribution in [-0.2, 0) is 13.2 Å². The molecule has 5 rings (SSSR count). The van der Waals surface area contributed by atoms with Crippen molar-refractivity contribution < 1.29 is 23.4 Å². The summed E-state index contributed by atoms with van der Waals surface area (Å²) < 4.78 is 23.9. The number of carbonyl (C=O) groups is 1. The highest BCUT2D eigenvalue weighted by Gasteiger charge is 2.17. The Bertz CT molecular complexity index is 1290. The van der Waals surface area contributed by atoms with Crippen LogP contribution in [0.2, 0.25) is 0 Å². The van der Waals surface area contributed by atoms with Gasteiger partial charge in [-0.15, -0.1) is 0 Å². The number of aryl methyl sites for hydroxylation is 1. The number of aromatic nitrogens is 2. The molecule has 8 heteroatoms. The van der Waals surface area contributed by atoms with Gasteiger partial charge in [0.1, 0.15) is 18.1 Å². The third-order valence-electron chi connectivity index (χ3n) is 5.48. The molecule has 0 spiro atoms. The summed E-state index contributed by atoms with van der Waals surface area (Å²) in [6.07, 6.45) is 0. The zero-order chi connectivity index (χ0) is 22.8.